The van der Waals surface area contributed by atoms with Crippen molar-refractivity contribution in [3.05, 3.63) is 29.8 Å². The van der Waals surface area contributed by atoms with Gasteiger partial charge in [0.2, 0.25) is 11.8 Å². The van der Waals surface area contributed by atoms with Crippen molar-refractivity contribution in [1.82, 2.24) is 4.90 Å². The van der Waals surface area contributed by atoms with Gasteiger partial charge < -0.3 is 5.32 Å². The second kappa shape index (κ2) is 7.02. The minimum Gasteiger partial charge on any atom is -0.325 e. The third-order valence-electron chi connectivity index (χ3n) is 3.23. The zero-order valence-electron chi connectivity index (χ0n) is 12.3. The first kappa shape index (κ1) is 16.6. The molecule has 1 fully saturated rings. The highest BCUT2D eigenvalue weighted by atomic mass is 32.2. The van der Waals surface area contributed by atoms with Gasteiger partial charge >= 0.3 is 0 Å². The van der Waals surface area contributed by atoms with Gasteiger partial charge in [-0.25, -0.2) is 0 Å². The van der Waals surface area contributed by atoms with Gasteiger partial charge in [0.05, 0.1) is 5.25 Å². The summed E-state index contributed by atoms with van der Waals surface area (Å²) >= 11 is 6.46. The summed E-state index contributed by atoms with van der Waals surface area (Å²) in [5.74, 6) is -0.534. The number of rotatable bonds is 5. The Labute approximate surface area is 138 Å². The van der Waals surface area contributed by atoms with Crippen LogP contribution in [0.1, 0.15) is 30.6 Å². The third-order valence-corrected chi connectivity index (χ3v) is 4.98. The molecule has 1 aliphatic heterocycles. The van der Waals surface area contributed by atoms with E-state index < -0.39 is 0 Å². The van der Waals surface area contributed by atoms with Crippen molar-refractivity contribution in [3.8, 4) is 0 Å². The predicted octanol–water partition coefficient (Wildman–Crippen LogP) is 2.47. The van der Waals surface area contributed by atoms with Gasteiger partial charge in [-0.3, -0.25) is 19.3 Å². The van der Waals surface area contributed by atoms with Crippen molar-refractivity contribution in [2.75, 3.05) is 11.9 Å². The second-order valence-electron chi connectivity index (χ2n) is 4.89. The monoisotopic (exact) mass is 336 g/mol. The normalized spacial score (nSPS) is 17.7. The van der Waals surface area contributed by atoms with Crippen LogP contribution >= 0.6 is 24.0 Å². The molecule has 7 heteroatoms. The van der Waals surface area contributed by atoms with E-state index in [4.69, 9.17) is 12.2 Å². The highest BCUT2D eigenvalue weighted by Crippen LogP contribution is 2.29. The summed E-state index contributed by atoms with van der Waals surface area (Å²) in [4.78, 5) is 36.8. The molecule has 116 valence electrons. The summed E-state index contributed by atoms with van der Waals surface area (Å²) in [5, 5.41) is 2.49. The maximum atomic E-state index is 12.1. The number of hydrogen-bond acceptors (Lipinski definition) is 5. The number of carbonyl (C=O) groups is 3. The Morgan fingerprint density at radius 2 is 2.14 bits per heavy atom. The van der Waals surface area contributed by atoms with Crippen molar-refractivity contribution in [2.45, 2.75) is 25.5 Å². The Kier molecular flexibility index (Phi) is 5.31. The van der Waals surface area contributed by atoms with Crippen molar-refractivity contribution >= 4 is 51.6 Å². The number of benzene rings is 1. The lowest BCUT2D eigenvalue weighted by atomic mass is 10.1. The highest BCUT2D eigenvalue weighted by Gasteiger charge is 2.36. The molecule has 0 spiro atoms. The van der Waals surface area contributed by atoms with E-state index in [1.54, 1.807) is 24.3 Å². The highest BCUT2D eigenvalue weighted by molar-refractivity contribution is 8.24. The number of thiocarbonyl (C=S) groups is 1. The molecule has 0 saturated carbocycles. The molecular formula is C15H16N2O3S2. The van der Waals surface area contributed by atoms with E-state index in [1.807, 2.05) is 6.92 Å². The van der Waals surface area contributed by atoms with Crippen LogP contribution in [-0.2, 0) is 9.59 Å². The fourth-order valence-corrected chi connectivity index (χ4v) is 3.48. The maximum Gasteiger partial charge on any atom is 0.244 e. The van der Waals surface area contributed by atoms with E-state index in [0.29, 0.717) is 22.0 Å². The van der Waals surface area contributed by atoms with Crippen LogP contribution in [0.4, 0.5) is 5.69 Å². The van der Waals surface area contributed by atoms with Crippen LogP contribution in [0.15, 0.2) is 24.3 Å². The summed E-state index contributed by atoms with van der Waals surface area (Å²) in [6.07, 6.45) is 0.683. The van der Waals surface area contributed by atoms with Crippen molar-refractivity contribution in [1.29, 1.82) is 0 Å². The zero-order valence-corrected chi connectivity index (χ0v) is 13.9. The molecular weight excluding hydrogens is 320 g/mol. The van der Waals surface area contributed by atoms with E-state index in [2.05, 4.69) is 5.32 Å². The largest absolute Gasteiger partial charge is 0.325 e. The van der Waals surface area contributed by atoms with E-state index in [9.17, 15) is 14.4 Å². The lowest BCUT2D eigenvalue weighted by Crippen LogP contribution is -2.38. The molecule has 1 saturated heterocycles. The molecule has 1 aromatic carbocycles. The molecule has 1 N–H and O–H groups in total. The van der Waals surface area contributed by atoms with Crippen molar-refractivity contribution < 1.29 is 14.4 Å². The average molecular weight is 336 g/mol. The van der Waals surface area contributed by atoms with Crippen molar-refractivity contribution in [3.63, 3.8) is 0 Å². The van der Waals surface area contributed by atoms with Crippen LogP contribution in [0, 0.1) is 0 Å². The molecule has 0 aromatic heterocycles. The lowest BCUT2D eigenvalue weighted by molar-refractivity contribution is -0.129. The first-order chi connectivity index (χ1) is 10.4. The van der Waals surface area contributed by atoms with Crippen LogP contribution in [0.25, 0.3) is 0 Å². The Bertz CT molecular complexity index is 645. The van der Waals surface area contributed by atoms with Crippen LogP contribution in [-0.4, -0.2) is 38.6 Å². The van der Waals surface area contributed by atoms with Gasteiger partial charge in [0, 0.05) is 11.3 Å². The molecule has 2 amide bonds. The summed E-state index contributed by atoms with van der Waals surface area (Å²) in [6, 6.07) is 6.67. The fraction of sp³-hybridized carbons (Fsp3) is 0.333. The van der Waals surface area contributed by atoms with Crippen molar-refractivity contribution in [2.24, 2.45) is 0 Å². The van der Waals surface area contributed by atoms with E-state index in [1.165, 1.54) is 23.6 Å². The maximum absolute atomic E-state index is 12.1. The SMILES string of the molecule is CCC1SC(=S)N(CC(=O)Nc2cccc(C(C)=O)c2)C1=O. The number of Topliss-reactive ketones (excluding diaryl/α,β-unsaturated/α-hetero) is 1. The summed E-state index contributed by atoms with van der Waals surface area (Å²) in [5.41, 5.74) is 1.04. The summed E-state index contributed by atoms with van der Waals surface area (Å²) in [6.45, 7) is 3.27. The summed E-state index contributed by atoms with van der Waals surface area (Å²) in [7, 11) is 0. The minimum absolute atomic E-state index is 0.0748. The number of hydrogen-bond donors (Lipinski definition) is 1. The minimum atomic E-state index is -0.339. The Hall–Kier alpha value is -1.73. The van der Waals surface area contributed by atoms with E-state index >= 15 is 0 Å². The molecule has 1 heterocycles. The average Bonchev–Trinajstić information content (AvgIpc) is 2.75. The molecule has 1 atom stereocenters. The van der Waals surface area contributed by atoms with Gasteiger partial charge in [0.25, 0.3) is 0 Å². The van der Waals surface area contributed by atoms with Crippen LogP contribution in [0.3, 0.4) is 0 Å². The molecule has 0 bridgehead atoms. The molecule has 22 heavy (non-hydrogen) atoms. The number of anilines is 1. The number of carbonyl (C=O) groups excluding carboxylic acids is 3. The number of ketones is 1. The first-order valence-corrected chi connectivity index (χ1v) is 8.14. The van der Waals surface area contributed by atoms with Gasteiger partial charge in [0.1, 0.15) is 10.9 Å². The Balaban J connectivity index is 2.02. The Morgan fingerprint density at radius 1 is 1.41 bits per heavy atom. The fourth-order valence-electron chi connectivity index (χ4n) is 2.06. The molecule has 0 aliphatic carbocycles. The van der Waals surface area contributed by atoms with Gasteiger partial charge in [-0.1, -0.05) is 43.0 Å². The second-order valence-corrected chi connectivity index (χ2v) is 6.73. The first-order valence-electron chi connectivity index (χ1n) is 6.85. The van der Waals surface area contributed by atoms with Crippen LogP contribution in [0.2, 0.25) is 0 Å². The van der Waals surface area contributed by atoms with Gasteiger partial charge in [-0.15, -0.1) is 0 Å². The molecule has 1 aliphatic rings. The topological polar surface area (TPSA) is 66.5 Å². The summed E-state index contributed by atoms with van der Waals surface area (Å²) < 4.78 is 0.435. The smallest absolute Gasteiger partial charge is 0.244 e. The van der Waals surface area contributed by atoms with Crippen LogP contribution in [0.5, 0.6) is 0 Å². The van der Waals surface area contributed by atoms with E-state index in [-0.39, 0.29) is 29.4 Å². The molecule has 1 unspecified atom stereocenters. The Morgan fingerprint density at radius 3 is 2.73 bits per heavy atom. The quantitative estimate of drug-likeness (QED) is 0.661. The number of nitrogens with zero attached hydrogens (tertiary/aromatic N) is 1. The molecule has 0 radical (unpaired) electrons. The molecule has 1 aromatic rings. The number of thioether (sulfide) groups is 1. The van der Waals surface area contributed by atoms with Gasteiger partial charge in [0.15, 0.2) is 5.78 Å². The standard InChI is InChI=1S/C15H16N2O3S2/c1-3-12-14(20)17(15(21)22-12)8-13(19)16-11-6-4-5-10(7-11)9(2)18/h4-7,12H,3,8H2,1-2H3,(H,16,19). The van der Waals surface area contributed by atoms with Crippen LogP contribution < -0.4 is 5.32 Å². The predicted molar refractivity (Wildman–Crippen MR) is 91.1 cm³/mol. The lowest BCUT2D eigenvalue weighted by Gasteiger charge is -2.15. The van der Waals surface area contributed by atoms with Gasteiger partial charge in [-0.05, 0) is 25.5 Å². The van der Waals surface area contributed by atoms with Gasteiger partial charge in [-0.2, -0.15) is 0 Å². The zero-order chi connectivity index (χ0) is 16.3. The third kappa shape index (κ3) is 3.72. The molecule has 5 nitrogen and oxygen atoms in total. The molecule has 2 rings (SSSR count). The number of nitrogens with one attached hydrogen (secondary N) is 1. The van der Waals surface area contributed by atoms with E-state index in [0.717, 1.165) is 0 Å². The number of amides is 2.